The molecule has 0 spiro atoms. The van der Waals surface area contributed by atoms with Crippen molar-refractivity contribution in [2.24, 2.45) is 0 Å². The first-order chi connectivity index (χ1) is 6.43. The molecule has 2 atom stereocenters. The first-order valence-corrected chi connectivity index (χ1v) is 5.93. The van der Waals surface area contributed by atoms with Gasteiger partial charge in [-0.3, -0.25) is 0 Å². The van der Waals surface area contributed by atoms with E-state index in [0.717, 1.165) is 12.8 Å². The van der Waals surface area contributed by atoms with Crippen molar-refractivity contribution >= 4 is 28.7 Å². The van der Waals surface area contributed by atoms with Gasteiger partial charge in [-0.2, -0.15) is 0 Å². The molecule has 0 bridgehead atoms. The summed E-state index contributed by atoms with van der Waals surface area (Å²) in [6, 6.07) is 0.136. The second-order valence-electron chi connectivity index (χ2n) is 3.95. The van der Waals surface area contributed by atoms with Crippen LogP contribution in [0.1, 0.15) is 26.7 Å². The summed E-state index contributed by atoms with van der Waals surface area (Å²) in [5.41, 5.74) is 2.76. The number of hydrogen-bond donors (Lipinski definition) is 1. The molecule has 2 unspecified atom stereocenters. The van der Waals surface area contributed by atoms with Crippen LogP contribution in [0.15, 0.2) is 11.1 Å². The van der Waals surface area contributed by atoms with Crippen molar-refractivity contribution < 1.29 is 9.90 Å². The molecule has 1 rings (SSSR count). The molecule has 4 heteroatoms. The summed E-state index contributed by atoms with van der Waals surface area (Å²) >= 11 is 2.35. The van der Waals surface area contributed by atoms with Gasteiger partial charge in [-0.1, -0.05) is 33.7 Å². The van der Waals surface area contributed by atoms with Crippen LogP contribution in [0.25, 0.3) is 0 Å². The lowest BCUT2D eigenvalue weighted by molar-refractivity contribution is 0.136. The van der Waals surface area contributed by atoms with Gasteiger partial charge >= 0.3 is 6.09 Å². The zero-order valence-electron chi connectivity index (χ0n) is 8.75. The van der Waals surface area contributed by atoms with Crippen LogP contribution in [0.3, 0.4) is 0 Å². The molecule has 1 aliphatic rings. The smallest absolute Gasteiger partial charge is 0.407 e. The number of halogens is 1. The topological polar surface area (TPSA) is 40.5 Å². The minimum atomic E-state index is -0.830. The van der Waals surface area contributed by atoms with Gasteiger partial charge in [0.15, 0.2) is 0 Å². The summed E-state index contributed by atoms with van der Waals surface area (Å²) in [5.74, 6) is 0. The van der Waals surface area contributed by atoms with E-state index in [9.17, 15) is 4.79 Å². The van der Waals surface area contributed by atoms with Crippen LogP contribution in [-0.4, -0.2) is 33.1 Å². The average Bonchev–Trinajstić information content (AvgIpc) is 2.10. The molecule has 0 saturated heterocycles. The number of nitrogens with zero attached hydrogens (tertiary/aromatic N) is 1. The lowest BCUT2D eigenvalue weighted by atomic mass is 9.89. The Bertz CT molecular complexity index is 275. The van der Waals surface area contributed by atoms with Crippen LogP contribution in [0, 0.1) is 0 Å². The molecule has 80 valence electrons. The Hall–Kier alpha value is -0.260. The number of alkyl halides is 1. The van der Waals surface area contributed by atoms with Gasteiger partial charge in [0.25, 0.3) is 0 Å². The van der Waals surface area contributed by atoms with Crippen molar-refractivity contribution in [1.82, 2.24) is 4.90 Å². The molecule has 0 aliphatic heterocycles. The highest BCUT2D eigenvalue weighted by Crippen LogP contribution is 2.32. The minimum Gasteiger partial charge on any atom is -0.465 e. The molecule has 0 saturated carbocycles. The van der Waals surface area contributed by atoms with E-state index in [2.05, 4.69) is 36.4 Å². The van der Waals surface area contributed by atoms with E-state index in [1.54, 1.807) is 7.05 Å². The molecular weight excluding hydrogens is 293 g/mol. The Morgan fingerprint density at radius 3 is 2.43 bits per heavy atom. The van der Waals surface area contributed by atoms with E-state index in [4.69, 9.17) is 5.11 Å². The van der Waals surface area contributed by atoms with Crippen LogP contribution >= 0.6 is 22.6 Å². The highest BCUT2D eigenvalue weighted by molar-refractivity contribution is 14.1. The van der Waals surface area contributed by atoms with Gasteiger partial charge in [-0.15, -0.1) is 0 Å². The van der Waals surface area contributed by atoms with Crippen LogP contribution in [0.2, 0.25) is 0 Å². The van der Waals surface area contributed by atoms with Gasteiger partial charge in [-0.05, 0) is 26.7 Å². The number of carboxylic acid groups (broad SMARTS) is 1. The summed E-state index contributed by atoms with van der Waals surface area (Å²) in [5, 5.41) is 8.91. The molecule has 0 fully saturated rings. The highest BCUT2D eigenvalue weighted by atomic mass is 127. The summed E-state index contributed by atoms with van der Waals surface area (Å²) in [6.45, 7) is 4.23. The third-order valence-electron chi connectivity index (χ3n) is 2.96. The molecule has 1 amide bonds. The van der Waals surface area contributed by atoms with E-state index in [0.29, 0.717) is 3.92 Å². The van der Waals surface area contributed by atoms with Gasteiger partial charge in [0.2, 0.25) is 0 Å². The maximum atomic E-state index is 10.8. The monoisotopic (exact) mass is 309 g/mol. The molecule has 0 aromatic carbocycles. The van der Waals surface area contributed by atoms with Crippen molar-refractivity contribution in [2.45, 2.75) is 36.7 Å². The van der Waals surface area contributed by atoms with E-state index in [1.807, 2.05) is 0 Å². The van der Waals surface area contributed by atoms with E-state index in [-0.39, 0.29) is 6.04 Å². The van der Waals surface area contributed by atoms with E-state index in [1.165, 1.54) is 16.0 Å². The van der Waals surface area contributed by atoms with Crippen molar-refractivity contribution in [3.8, 4) is 0 Å². The Morgan fingerprint density at radius 2 is 1.93 bits per heavy atom. The maximum Gasteiger partial charge on any atom is 0.407 e. The second kappa shape index (κ2) is 4.51. The van der Waals surface area contributed by atoms with Crippen LogP contribution in [0.4, 0.5) is 4.79 Å². The number of amides is 1. The first-order valence-electron chi connectivity index (χ1n) is 4.68. The van der Waals surface area contributed by atoms with Gasteiger partial charge in [-0.25, -0.2) is 4.79 Å². The Kier molecular flexibility index (Phi) is 3.80. The van der Waals surface area contributed by atoms with Crippen molar-refractivity contribution in [2.75, 3.05) is 7.05 Å². The second-order valence-corrected chi connectivity index (χ2v) is 5.55. The SMILES string of the molecule is CC1=C(C)CC(N(C)C(=O)O)C(I)C1. The minimum absolute atomic E-state index is 0.136. The molecule has 0 aromatic rings. The predicted octanol–water partition coefficient (Wildman–Crippen LogP) is 2.90. The van der Waals surface area contributed by atoms with Gasteiger partial charge in [0.05, 0.1) is 6.04 Å². The van der Waals surface area contributed by atoms with E-state index < -0.39 is 6.09 Å². The number of allylic oxidation sites excluding steroid dienone is 1. The van der Waals surface area contributed by atoms with Gasteiger partial charge in [0, 0.05) is 11.0 Å². The fourth-order valence-corrected chi connectivity index (χ4v) is 3.14. The van der Waals surface area contributed by atoms with Crippen LogP contribution in [-0.2, 0) is 0 Å². The lowest BCUT2D eigenvalue weighted by Crippen LogP contribution is -2.43. The Balaban J connectivity index is 2.78. The lowest BCUT2D eigenvalue weighted by Gasteiger charge is -2.34. The molecule has 1 aliphatic carbocycles. The zero-order chi connectivity index (χ0) is 10.9. The first kappa shape index (κ1) is 11.8. The Morgan fingerprint density at radius 1 is 1.43 bits per heavy atom. The number of rotatable bonds is 1. The number of carbonyl (C=O) groups is 1. The third-order valence-corrected chi connectivity index (χ3v) is 4.23. The third kappa shape index (κ3) is 2.40. The molecule has 3 nitrogen and oxygen atoms in total. The largest absolute Gasteiger partial charge is 0.465 e. The molecular formula is C10H16INO2. The van der Waals surface area contributed by atoms with E-state index >= 15 is 0 Å². The number of hydrogen-bond acceptors (Lipinski definition) is 1. The zero-order valence-corrected chi connectivity index (χ0v) is 10.9. The average molecular weight is 309 g/mol. The maximum absolute atomic E-state index is 10.8. The molecule has 0 radical (unpaired) electrons. The van der Waals surface area contributed by atoms with Crippen molar-refractivity contribution in [3.63, 3.8) is 0 Å². The molecule has 14 heavy (non-hydrogen) atoms. The van der Waals surface area contributed by atoms with Gasteiger partial charge in [0.1, 0.15) is 0 Å². The summed E-state index contributed by atoms with van der Waals surface area (Å²) in [6.07, 6.45) is 1.06. The normalized spacial score (nSPS) is 27.7. The van der Waals surface area contributed by atoms with Crippen molar-refractivity contribution in [1.29, 1.82) is 0 Å². The fraction of sp³-hybridized carbons (Fsp3) is 0.700. The quantitative estimate of drug-likeness (QED) is 0.460. The molecule has 0 heterocycles. The summed E-state index contributed by atoms with van der Waals surface area (Å²) in [7, 11) is 1.66. The predicted molar refractivity (Wildman–Crippen MR) is 65.0 cm³/mol. The standard InChI is InChI=1S/C10H16INO2/c1-6-4-8(11)9(5-7(6)2)12(3)10(13)14/h8-9H,4-5H2,1-3H3,(H,13,14). The molecule has 0 aromatic heterocycles. The molecule has 1 N–H and O–H groups in total. The van der Waals surface area contributed by atoms with Crippen LogP contribution < -0.4 is 0 Å². The van der Waals surface area contributed by atoms with Gasteiger partial charge < -0.3 is 10.0 Å². The Labute approximate surface area is 98.3 Å². The highest BCUT2D eigenvalue weighted by Gasteiger charge is 2.30. The fourth-order valence-electron chi connectivity index (χ4n) is 1.74. The summed E-state index contributed by atoms with van der Waals surface area (Å²) in [4.78, 5) is 12.3. The summed E-state index contributed by atoms with van der Waals surface area (Å²) < 4.78 is 0.400. The van der Waals surface area contributed by atoms with Crippen molar-refractivity contribution in [3.05, 3.63) is 11.1 Å². The van der Waals surface area contributed by atoms with Crippen LogP contribution in [0.5, 0.6) is 0 Å².